The summed E-state index contributed by atoms with van der Waals surface area (Å²) in [5.74, 6) is 0.858. The molecule has 12 aromatic rings. The molecule has 76 heavy (non-hydrogen) atoms. The van der Waals surface area contributed by atoms with Crippen molar-refractivity contribution in [1.82, 2.24) is 4.98 Å². The minimum atomic E-state index is -0.681. The number of nitrogens with zero attached hydrogens (tertiary/aromatic N) is 3. The third-order valence-corrected chi connectivity index (χ3v) is 16.2. The van der Waals surface area contributed by atoms with E-state index in [0.29, 0.717) is 0 Å². The zero-order valence-corrected chi connectivity index (χ0v) is 42.5. The second-order valence-electron chi connectivity index (χ2n) is 20.7. The van der Waals surface area contributed by atoms with Crippen molar-refractivity contribution in [3.8, 4) is 44.5 Å². The number of pyridine rings is 1. The number of para-hydroxylation sites is 2. The van der Waals surface area contributed by atoms with E-state index in [4.69, 9.17) is 4.98 Å². The third-order valence-electron chi connectivity index (χ3n) is 16.2. The molecular weight excluding hydrogens is 919 g/mol. The van der Waals surface area contributed by atoms with Crippen molar-refractivity contribution in [2.75, 3.05) is 9.80 Å². The molecule has 0 amide bonds. The van der Waals surface area contributed by atoms with Gasteiger partial charge in [-0.15, -0.1) is 0 Å². The second kappa shape index (κ2) is 18.1. The summed E-state index contributed by atoms with van der Waals surface area (Å²) < 4.78 is 0. The van der Waals surface area contributed by atoms with Crippen LogP contribution in [0.5, 0.6) is 0 Å². The molecule has 14 rings (SSSR count). The fourth-order valence-corrected chi connectivity index (χ4v) is 12.6. The van der Waals surface area contributed by atoms with Gasteiger partial charge in [0.05, 0.1) is 11.1 Å². The van der Waals surface area contributed by atoms with Crippen LogP contribution >= 0.6 is 0 Å². The van der Waals surface area contributed by atoms with Crippen LogP contribution in [0.15, 0.2) is 285 Å². The van der Waals surface area contributed by atoms with Crippen molar-refractivity contribution in [3.05, 3.63) is 319 Å². The van der Waals surface area contributed by atoms with Crippen LogP contribution in [0.1, 0.15) is 47.2 Å². The number of hydrogen-bond acceptors (Lipinski definition) is 3. The van der Waals surface area contributed by atoms with E-state index in [1.807, 2.05) is 0 Å². The minimum absolute atomic E-state index is 0.131. The summed E-state index contributed by atoms with van der Waals surface area (Å²) in [5, 5.41) is 2.40. The first kappa shape index (κ1) is 45.1. The molecule has 11 aromatic carbocycles. The molecule has 2 aliphatic carbocycles. The standard InChI is InChI=1S/C73H53N3/c1-72(2)65-35-21-20-32-60(65)61-44-42-59(47-66(61)72)76(57-30-16-7-17-31-57)70-45-39-53(49-74-70)52-38-43-64-67(46-52)73(54-24-10-4-11-25-54,55-26-12-5-13-27-55)68-48-69(62-33-18-19-34-63(62)71(64)68)75(56-28-14-6-15-29-56)58-40-36-51(37-41-58)50-22-8-3-9-23-50/h3-49H,1-2H3. The SMILES string of the molecule is CC1(C)c2ccccc2-c2ccc(N(c3ccccc3)c3ccc(-c4ccc5c(c4)C(c4ccccc4)(c4ccccc4)c4cc(N(c6ccccc6)c6ccc(-c7ccccc7)cc6)c6ccccc6c4-5)cn3)cc21. The molecule has 360 valence electrons. The van der Waals surface area contributed by atoms with Crippen molar-refractivity contribution >= 4 is 45.0 Å². The highest BCUT2D eigenvalue weighted by Crippen LogP contribution is 2.60. The summed E-state index contributed by atoms with van der Waals surface area (Å²) in [4.78, 5) is 10.1. The van der Waals surface area contributed by atoms with Crippen molar-refractivity contribution in [1.29, 1.82) is 0 Å². The van der Waals surface area contributed by atoms with E-state index >= 15 is 0 Å². The monoisotopic (exact) mass is 971 g/mol. The lowest BCUT2D eigenvalue weighted by molar-refractivity contribution is 0.660. The molecule has 0 unspecified atom stereocenters. The van der Waals surface area contributed by atoms with Gasteiger partial charge in [-0.25, -0.2) is 4.98 Å². The van der Waals surface area contributed by atoms with E-state index in [-0.39, 0.29) is 5.41 Å². The van der Waals surface area contributed by atoms with Crippen LogP contribution in [-0.4, -0.2) is 4.98 Å². The maximum atomic E-state index is 5.34. The van der Waals surface area contributed by atoms with E-state index in [9.17, 15) is 0 Å². The molecule has 0 atom stereocenters. The van der Waals surface area contributed by atoms with Gasteiger partial charge in [0.1, 0.15) is 5.82 Å². The van der Waals surface area contributed by atoms with Crippen LogP contribution < -0.4 is 9.80 Å². The molecule has 1 heterocycles. The topological polar surface area (TPSA) is 19.4 Å². The average molecular weight is 972 g/mol. The number of aromatic nitrogens is 1. The Hall–Kier alpha value is -9.57. The van der Waals surface area contributed by atoms with Crippen LogP contribution in [0.25, 0.3) is 55.3 Å². The van der Waals surface area contributed by atoms with Gasteiger partial charge < -0.3 is 4.90 Å². The molecule has 0 saturated carbocycles. The maximum absolute atomic E-state index is 5.34. The Morgan fingerprint density at radius 2 is 0.816 bits per heavy atom. The highest BCUT2D eigenvalue weighted by Gasteiger charge is 2.48. The smallest absolute Gasteiger partial charge is 0.137 e. The maximum Gasteiger partial charge on any atom is 0.137 e. The lowest BCUT2D eigenvalue weighted by Gasteiger charge is -2.35. The van der Waals surface area contributed by atoms with Gasteiger partial charge in [0.25, 0.3) is 0 Å². The van der Waals surface area contributed by atoms with E-state index in [1.165, 1.54) is 77.5 Å². The van der Waals surface area contributed by atoms with E-state index in [1.54, 1.807) is 0 Å². The summed E-state index contributed by atoms with van der Waals surface area (Å²) in [5.41, 5.74) is 21.9. The Labute approximate surface area is 445 Å². The van der Waals surface area contributed by atoms with Crippen LogP contribution in [-0.2, 0) is 10.8 Å². The Kier molecular flexibility index (Phi) is 10.7. The Balaban J connectivity index is 0.941. The van der Waals surface area contributed by atoms with Crippen molar-refractivity contribution < 1.29 is 0 Å². The van der Waals surface area contributed by atoms with E-state index < -0.39 is 5.41 Å². The highest BCUT2D eigenvalue weighted by molar-refractivity contribution is 6.11. The fourth-order valence-electron chi connectivity index (χ4n) is 12.6. The molecule has 3 heteroatoms. The molecule has 0 aliphatic heterocycles. The number of anilines is 6. The minimum Gasteiger partial charge on any atom is -0.310 e. The normalized spacial score (nSPS) is 13.3. The molecule has 1 aromatic heterocycles. The van der Waals surface area contributed by atoms with Crippen molar-refractivity contribution in [2.24, 2.45) is 0 Å². The summed E-state index contributed by atoms with van der Waals surface area (Å²) >= 11 is 0. The number of hydrogen-bond donors (Lipinski definition) is 0. The molecule has 0 saturated heterocycles. The highest BCUT2D eigenvalue weighted by atomic mass is 15.2. The third kappa shape index (κ3) is 7.15. The molecule has 2 aliphatic rings. The summed E-state index contributed by atoms with van der Waals surface area (Å²) in [7, 11) is 0. The zero-order chi connectivity index (χ0) is 50.8. The molecule has 3 nitrogen and oxygen atoms in total. The zero-order valence-electron chi connectivity index (χ0n) is 42.5. The van der Waals surface area contributed by atoms with Gasteiger partial charge in [0.15, 0.2) is 0 Å². The Morgan fingerprint density at radius 1 is 0.316 bits per heavy atom. The summed E-state index contributed by atoms with van der Waals surface area (Å²) in [6, 6.07) is 102. The first-order valence-electron chi connectivity index (χ1n) is 26.4. The molecule has 0 radical (unpaired) electrons. The van der Waals surface area contributed by atoms with Gasteiger partial charge in [0.2, 0.25) is 0 Å². The predicted molar refractivity (Wildman–Crippen MR) is 317 cm³/mol. The van der Waals surface area contributed by atoms with Crippen LogP contribution in [0.4, 0.5) is 34.3 Å². The lowest BCUT2D eigenvalue weighted by Crippen LogP contribution is -2.29. The number of benzene rings is 11. The van der Waals surface area contributed by atoms with Crippen LogP contribution in [0, 0.1) is 0 Å². The van der Waals surface area contributed by atoms with Gasteiger partial charge >= 0.3 is 0 Å². The first-order valence-corrected chi connectivity index (χ1v) is 26.4. The molecule has 0 bridgehead atoms. The van der Waals surface area contributed by atoms with Gasteiger partial charge in [-0.3, -0.25) is 4.90 Å². The van der Waals surface area contributed by atoms with E-state index in [0.717, 1.165) is 45.4 Å². The number of rotatable bonds is 10. The summed E-state index contributed by atoms with van der Waals surface area (Å²) in [6.45, 7) is 4.68. The molecular formula is C73H53N3. The van der Waals surface area contributed by atoms with E-state index in [2.05, 4.69) is 309 Å². The van der Waals surface area contributed by atoms with Crippen molar-refractivity contribution in [2.45, 2.75) is 24.7 Å². The number of fused-ring (bicyclic) bond motifs is 8. The van der Waals surface area contributed by atoms with Gasteiger partial charge in [-0.1, -0.05) is 220 Å². The summed E-state index contributed by atoms with van der Waals surface area (Å²) in [6.07, 6.45) is 2.06. The Bertz CT molecular complexity index is 4060. The largest absolute Gasteiger partial charge is 0.310 e. The molecule has 0 fully saturated rings. The Morgan fingerprint density at radius 3 is 1.47 bits per heavy atom. The lowest BCUT2D eigenvalue weighted by atomic mass is 9.67. The first-order chi connectivity index (χ1) is 37.5. The predicted octanol–water partition coefficient (Wildman–Crippen LogP) is 19.2. The van der Waals surface area contributed by atoms with Gasteiger partial charge in [-0.2, -0.15) is 0 Å². The molecule has 0 N–H and O–H groups in total. The molecule has 0 spiro atoms. The van der Waals surface area contributed by atoms with Gasteiger partial charge in [0, 0.05) is 45.3 Å². The van der Waals surface area contributed by atoms with Crippen LogP contribution in [0.3, 0.4) is 0 Å². The van der Waals surface area contributed by atoms with Crippen LogP contribution in [0.2, 0.25) is 0 Å². The second-order valence-corrected chi connectivity index (χ2v) is 20.7. The quantitative estimate of drug-likeness (QED) is 0.136. The van der Waals surface area contributed by atoms with Gasteiger partial charge in [-0.05, 0) is 151 Å². The van der Waals surface area contributed by atoms with Crippen molar-refractivity contribution in [3.63, 3.8) is 0 Å². The fraction of sp³-hybridized carbons (Fsp3) is 0.0548. The average Bonchev–Trinajstić information content (AvgIpc) is 4.16.